The maximum Gasteiger partial charge on any atom is 0.242 e. The molecule has 2 rings (SSSR count). The number of nitrogens with one attached hydrogen (secondary N) is 1. The molecule has 0 radical (unpaired) electrons. The smallest absolute Gasteiger partial charge is 0.242 e. The van der Waals surface area contributed by atoms with Gasteiger partial charge in [-0.1, -0.05) is 49.4 Å². The van der Waals surface area contributed by atoms with E-state index >= 15 is 0 Å². The van der Waals surface area contributed by atoms with Gasteiger partial charge in [-0.05, 0) is 36.1 Å². The van der Waals surface area contributed by atoms with Crippen molar-refractivity contribution in [3.8, 4) is 5.75 Å². The van der Waals surface area contributed by atoms with Crippen LogP contribution < -0.4 is 10.1 Å². The number of aryl methyl sites for hydroxylation is 1. The molecule has 0 unspecified atom stereocenters. The lowest BCUT2D eigenvalue weighted by Crippen LogP contribution is -2.48. The number of hydrogen-bond donors (Lipinski definition) is 1. The van der Waals surface area contributed by atoms with Gasteiger partial charge in [-0.2, -0.15) is 0 Å². The molecule has 0 aliphatic carbocycles. The van der Waals surface area contributed by atoms with E-state index in [0.29, 0.717) is 25.8 Å². The molecule has 5 heteroatoms. The summed E-state index contributed by atoms with van der Waals surface area (Å²) >= 11 is 0. The van der Waals surface area contributed by atoms with Crippen LogP contribution in [0.25, 0.3) is 0 Å². The topological polar surface area (TPSA) is 58.6 Å². The Balaban J connectivity index is 2.16. The molecule has 0 aliphatic heterocycles. The second-order valence-corrected chi connectivity index (χ2v) is 6.39. The second-order valence-electron chi connectivity index (χ2n) is 6.39. The highest BCUT2D eigenvalue weighted by molar-refractivity contribution is 5.87. The highest BCUT2D eigenvalue weighted by Gasteiger charge is 2.27. The van der Waals surface area contributed by atoms with Crippen LogP contribution in [-0.2, 0) is 22.6 Å². The van der Waals surface area contributed by atoms with Crippen molar-refractivity contribution in [1.29, 1.82) is 0 Å². The van der Waals surface area contributed by atoms with Crippen LogP contribution in [-0.4, -0.2) is 36.9 Å². The Morgan fingerprint density at radius 2 is 1.70 bits per heavy atom. The molecule has 2 aromatic carbocycles. The second kappa shape index (κ2) is 10.4. The number of nitrogens with zero attached hydrogens (tertiary/aromatic N) is 1. The lowest BCUT2D eigenvalue weighted by molar-refractivity contribution is -0.141. The van der Waals surface area contributed by atoms with Crippen molar-refractivity contribution in [2.24, 2.45) is 0 Å². The van der Waals surface area contributed by atoms with E-state index in [-0.39, 0.29) is 11.8 Å². The van der Waals surface area contributed by atoms with E-state index in [0.717, 1.165) is 16.9 Å². The van der Waals surface area contributed by atoms with Crippen molar-refractivity contribution in [1.82, 2.24) is 10.2 Å². The van der Waals surface area contributed by atoms with Gasteiger partial charge >= 0.3 is 0 Å². The number of carbonyl (C=O) groups is 2. The SMILES string of the molecule is CC[C@H](C(=O)NC)N(Cc1ccc(OC)cc1)C(=O)CCc1ccccc1. The van der Waals surface area contributed by atoms with Crippen molar-refractivity contribution >= 4 is 11.8 Å². The molecule has 2 amide bonds. The van der Waals surface area contributed by atoms with E-state index in [4.69, 9.17) is 4.74 Å². The standard InChI is InChI=1S/C22H28N2O3/c1-4-20(22(26)23-2)24(16-18-10-13-19(27-3)14-11-18)21(25)15-12-17-8-6-5-7-9-17/h5-11,13-14,20H,4,12,15-16H2,1-3H3,(H,23,26)/t20-/m1/s1. The molecule has 0 fully saturated rings. The number of hydrogen-bond acceptors (Lipinski definition) is 3. The van der Waals surface area contributed by atoms with E-state index in [1.54, 1.807) is 19.1 Å². The van der Waals surface area contributed by atoms with E-state index < -0.39 is 6.04 Å². The predicted octanol–water partition coefficient (Wildman–Crippen LogP) is 3.18. The van der Waals surface area contributed by atoms with Crippen LogP contribution >= 0.6 is 0 Å². The van der Waals surface area contributed by atoms with Gasteiger partial charge in [0.25, 0.3) is 0 Å². The van der Waals surface area contributed by atoms with Crippen LogP contribution in [0, 0.1) is 0 Å². The Kier molecular flexibility index (Phi) is 7.86. The first-order valence-electron chi connectivity index (χ1n) is 9.27. The van der Waals surface area contributed by atoms with Gasteiger partial charge in [-0.3, -0.25) is 9.59 Å². The van der Waals surface area contributed by atoms with Gasteiger partial charge in [-0.25, -0.2) is 0 Å². The Morgan fingerprint density at radius 1 is 1.04 bits per heavy atom. The van der Waals surface area contributed by atoms with E-state index in [1.165, 1.54) is 0 Å². The highest BCUT2D eigenvalue weighted by atomic mass is 16.5. The average Bonchev–Trinajstić information content (AvgIpc) is 2.72. The minimum Gasteiger partial charge on any atom is -0.497 e. The minimum absolute atomic E-state index is 0.0230. The quantitative estimate of drug-likeness (QED) is 0.740. The summed E-state index contributed by atoms with van der Waals surface area (Å²) in [7, 11) is 3.22. The normalized spacial score (nSPS) is 11.5. The van der Waals surface area contributed by atoms with Crippen LogP contribution in [0.2, 0.25) is 0 Å². The molecule has 5 nitrogen and oxygen atoms in total. The number of amides is 2. The van der Waals surface area contributed by atoms with Gasteiger partial charge < -0.3 is 15.0 Å². The minimum atomic E-state index is -0.486. The first kappa shape index (κ1) is 20.5. The van der Waals surface area contributed by atoms with Gasteiger partial charge in [0.2, 0.25) is 11.8 Å². The van der Waals surface area contributed by atoms with Crippen molar-refractivity contribution in [2.45, 2.75) is 38.8 Å². The molecule has 0 spiro atoms. The molecule has 0 aliphatic rings. The molecule has 0 saturated carbocycles. The summed E-state index contributed by atoms with van der Waals surface area (Å²) in [6.45, 7) is 2.31. The summed E-state index contributed by atoms with van der Waals surface area (Å²) < 4.78 is 5.19. The van der Waals surface area contributed by atoms with Gasteiger partial charge in [0.05, 0.1) is 7.11 Å². The third-order valence-electron chi connectivity index (χ3n) is 4.61. The van der Waals surface area contributed by atoms with Crippen LogP contribution in [0.1, 0.15) is 30.9 Å². The van der Waals surface area contributed by atoms with E-state index in [9.17, 15) is 9.59 Å². The largest absolute Gasteiger partial charge is 0.497 e. The Hall–Kier alpha value is -2.82. The number of likely N-dealkylation sites (N-methyl/N-ethyl adjacent to an activating group) is 1. The summed E-state index contributed by atoms with van der Waals surface area (Å²) in [5.74, 6) is 0.600. The fourth-order valence-corrected chi connectivity index (χ4v) is 3.05. The third kappa shape index (κ3) is 5.84. The van der Waals surface area contributed by atoms with Crippen molar-refractivity contribution < 1.29 is 14.3 Å². The molecule has 0 saturated heterocycles. The van der Waals surface area contributed by atoms with Crippen molar-refractivity contribution in [3.05, 3.63) is 65.7 Å². The van der Waals surface area contributed by atoms with Crippen LogP contribution in [0.4, 0.5) is 0 Å². The number of rotatable bonds is 9. The first-order valence-corrected chi connectivity index (χ1v) is 9.27. The number of ether oxygens (including phenoxy) is 1. The Labute approximate surface area is 161 Å². The van der Waals surface area contributed by atoms with E-state index in [2.05, 4.69) is 5.32 Å². The zero-order valence-corrected chi connectivity index (χ0v) is 16.3. The lowest BCUT2D eigenvalue weighted by Gasteiger charge is -2.30. The highest BCUT2D eigenvalue weighted by Crippen LogP contribution is 2.17. The van der Waals surface area contributed by atoms with Gasteiger partial charge in [-0.15, -0.1) is 0 Å². The van der Waals surface area contributed by atoms with Gasteiger partial charge in [0.15, 0.2) is 0 Å². The van der Waals surface area contributed by atoms with Crippen LogP contribution in [0.15, 0.2) is 54.6 Å². The number of carbonyl (C=O) groups excluding carboxylic acids is 2. The predicted molar refractivity (Wildman–Crippen MR) is 106 cm³/mol. The van der Waals surface area contributed by atoms with Crippen LogP contribution in [0.5, 0.6) is 5.75 Å². The molecular weight excluding hydrogens is 340 g/mol. The first-order chi connectivity index (χ1) is 13.1. The summed E-state index contributed by atoms with van der Waals surface area (Å²) in [4.78, 5) is 27.0. The molecule has 0 bridgehead atoms. The fourth-order valence-electron chi connectivity index (χ4n) is 3.05. The Morgan fingerprint density at radius 3 is 2.26 bits per heavy atom. The maximum absolute atomic E-state index is 13.0. The summed E-state index contributed by atoms with van der Waals surface area (Å²) in [6, 6.07) is 17.0. The molecule has 27 heavy (non-hydrogen) atoms. The summed E-state index contributed by atoms with van der Waals surface area (Å²) in [5, 5.41) is 2.68. The third-order valence-corrected chi connectivity index (χ3v) is 4.61. The lowest BCUT2D eigenvalue weighted by atomic mass is 10.1. The van der Waals surface area contributed by atoms with Crippen molar-refractivity contribution in [2.75, 3.05) is 14.2 Å². The maximum atomic E-state index is 13.0. The average molecular weight is 368 g/mol. The summed E-state index contributed by atoms with van der Waals surface area (Å²) in [5.41, 5.74) is 2.08. The molecule has 0 aromatic heterocycles. The Bertz CT molecular complexity index is 729. The molecular formula is C22H28N2O3. The summed E-state index contributed by atoms with van der Waals surface area (Å²) in [6.07, 6.45) is 1.59. The monoisotopic (exact) mass is 368 g/mol. The molecule has 144 valence electrons. The van der Waals surface area contributed by atoms with Gasteiger partial charge in [0, 0.05) is 20.0 Å². The zero-order valence-electron chi connectivity index (χ0n) is 16.3. The molecule has 2 aromatic rings. The van der Waals surface area contributed by atoms with Gasteiger partial charge in [0.1, 0.15) is 11.8 Å². The zero-order chi connectivity index (χ0) is 19.6. The molecule has 0 heterocycles. The van der Waals surface area contributed by atoms with E-state index in [1.807, 2.05) is 61.5 Å². The number of methoxy groups -OCH3 is 1. The molecule has 1 N–H and O–H groups in total. The number of benzene rings is 2. The molecule has 1 atom stereocenters. The van der Waals surface area contributed by atoms with Crippen molar-refractivity contribution in [3.63, 3.8) is 0 Å². The van der Waals surface area contributed by atoms with Crippen LogP contribution in [0.3, 0.4) is 0 Å². The fraction of sp³-hybridized carbons (Fsp3) is 0.364.